The van der Waals surface area contributed by atoms with Gasteiger partial charge in [0.25, 0.3) is 5.91 Å². The van der Waals surface area contributed by atoms with Crippen molar-refractivity contribution >= 4 is 17.2 Å². The van der Waals surface area contributed by atoms with Crippen LogP contribution in [0.3, 0.4) is 0 Å². The molecule has 0 radical (unpaired) electrons. The first-order chi connectivity index (χ1) is 15.4. The molecule has 0 aliphatic carbocycles. The molecule has 1 fully saturated rings. The Kier molecular flexibility index (Phi) is 8.82. The summed E-state index contributed by atoms with van der Waals surface area (Å²) in [6.07, 6.45) is 2.37. The molecule has 7 heteroatoms. The third kappa shape index (κ3) is 6.61. The third-order valence-electron chi connectivity index (χ3n) is 6.12. The predicted molar refractivity (Wildman–Crippen MR) is 129 cm³/mol. The summed E-state index contributed by atoms with van der Waals surface area (Å²) in [6.45, 7) is 9.88. The van der Waals surface area contributed by atoms with Gasteiger partial charge in [0, 0.05) is 18.0 Å². The molecule has 2 heterocycles. The second kappa shape index (κ2) is 11.4. The second-order valence-electron chi connectivity index (χ2n) is 9.12. The Morgan fingerprint density at radius 3 is 2.62 bits per heavy atom. The molecule has 176 valence electrons. The highest BCUT2D eigenvalue weighted by Gasteiger charge is 2.47. The van der Waals surface area contributed by atoms with Crippen LogP contribution in [0.2, 0.25) is 0 Å². The van der Waals surface area contributed by atoms with Crippen LogP contribution in [-0.4, -0.2) is 48.8 Å². The maximum absolute atomic E-state index is 13.1. The van der Waals surface area contributed by atoms with E-state index in [-0.39, 0.29) is 23.7 Å². The highest BCUT2D eigenvalue weighted by atomic mass is 32.1. The standard InChI is InChI=1S/C25H37N3O3S/c1-6-12-30-21(14-19(26-5)17(2)3)24-27-20(15-32-24)23(29)28-22(25(4)16-31-25)13-18-10-8-7-9-11-18/h7-11,15,17,19,21-22,26H,6,12-14,16H2,1-5H3,(H,28,29). The number of aromatic nitrogens is 1. The summed E-state index contributed by atoms with van der Waals surface area (Å²) >= 11 is 1.50. The van der Waals surface area contributed by atoms with Gasteiger partial charge in [-0.15, -0.1) is 11.3 Å². The van der Waals surface area contributed by atoms with Gasteiger partial charge < -0.3 is 20.1 Å². The zero-order chi connectivity index (χ0) is 23.1. The van der Waals surface area contributed by atoms with Crippen LogP contribution >= 0.6 is 11.3 Å². The maximum Gasteiger partial charge on any atom is 0.271 e. The van der Waals surface area contributed by atoms with Gasteiger partial charge in [-0.25, -0.2) is 4.98 Å². The van der Waals surface area contributed by atoms with Crippen LogP contribution in [0.4, 0.5) is 0 Å². The minimum absolute atomic E-state index is 0.107. The zero-order valence-corrected chi connectivity index (χ0v) is 20.7. The number of thiazole rings is 1. The molecule has 2 N–H and O–H groups in total. The van der Waals surface area contributed by atoms with Crippen molar-refractivity contribution < 1.29 is 14.3 Å². The van der Waals surface area contributed by atoms with Gasteiger partial charge in [0.2, 0.25) is 0 Å². The van der Waals surface area contributed by atoms with E-state index in [1.165, 1.54) is 16.9 Å². The van der Waals surface area contributed by atoms with Gasteiger partial charge in [-0.05, 0) is 44.7 Å². The summed E-state index contributed by atoms with van der Waals surface area (Å²) in [4.78, 5) is 17.8. The van der Waals surface area contributed by atoms with Crippen molar-refractivity contribution in [2.45, 2.75) is 70.7 Å². The van der Waals surface area contributed by atoms with E-state index < -0.39 is 0 Å². The van der Waals surface area contributed by atoms with E-state index in [2.05, 4.69) is 48.5 Å². The Balaban J connectivity index is 1.70. The SMILES string of the molecule is CCCOC(CC(NC)C(C)C)c1nc(C(=O)NC(Cc2ccccc2)C2(C)CO2)cs1. The summed E-state index contributed by atoms with van der Waals surface area (Å²) in [6, 6.07) is 10.4. The van der Waals surface area contributed by atoms with Crippen LogP contribution in [0.25, 0.3) is 0 Å². The van der Waals surface area contributed by atoms with Gasteiger partial charge in [-0.2, -0.15) is 0 Å². The zero-order valence-electron chi connectivity index (χ0n) is 19.9. The molecule has 2 aromatic rings. The van der Waals surface area contributed by atoms with Gasteiger partial charge >= 0.3 is 0 Å². The monoisotopic (exact) mass is 459 g/mol. The number of epoxide rings is 1. The lowest BCUT2D eigenvalue weighted by Crippen LogP contribution is -2.46. The highest BCUT2D eigenvalue weighted by molar-refractivity contribution is 7.09. The Hall–Kier alpha value is -1.80. The molecule has 1 aliphatic rings. The first-order valence-electron chi connectivity index (χ1n) is 11.6. The Bertz CT molecular complexity index is 851. The Morgan fingerprint density at radius 2 is 2.03 bits per heavy atom. The van der Waals surface area contributed by atoms with E-state index in [9.17, 15) is 4.79 Å². The smallest absolute Gasteiger partial charge is 0.271 e. The van der Waals surface area contributed by atoms with E-state index in [1.807, 2.05) is 37.6 Å². The van der Waals surface area contributed by atoms with Crippen molar-refractivity contribution in [1.29, 1.82) is 0 Å². The number of nitrogens with zero attached hydrogens (tertiary/aromatic N) is 1. The summed E-state index contributed by atoms with van der Waals surface area (Å²) in [5.41, 5.74) is 1.30. The number of ether oxygens (including phenoxy) is 2. The lowest BCUT2D eigenvalue weighted by molar-refractivity contribution is 0.0361. The van der Waals surface area contributed by atoms with Crippen LogP contribution in [0.1, 0.15) is 67.7 Å². The molecular weight excluding hydrogens is 422 g/mol. The molecule has 1 aromatic heterocycles. The summed E-state index contributed by atoms with van der Waals surface area (Å²) in [7, 11) is 1.98. The number of hydrogen-bond acceptors (Lipinski definition) is 6. The molecule has 0 saturated carbocycles. The van der Waals surface area contributed by atoms with E-state index in [0.717, 1.165) is 24.3 Å². The van der Waals surface area contributed by atoms with E-state index in [0.29, 0.717) is 30.9 Å². The van der Waals surface area contributed by atoms with E-state index >= 15 is 0 Å². The van der Waals surface area contributed by atoms with Crippen LogP contribution in [0.15, 0.2) is 35.7 Å². The van der Waals surface area contributed by atoms with Crippen LogP contribution < -0.4 is 10.6 Å². The molecule has 3 rings (SSSR count). The maximum atomic E-state index is 13.1. The second-order valence-corrected chi connectivity index (χ2v) is 10.0. The molecule has 1 saturated heterocycles. The Labute approximate surface area is 196 Å². The lowest BCUT2D eigenvalue weighted by atomic mass is 9.95. The molecule has 1 amide bonds. The summed E-state index contributed by atoms with van der Waals surface area (Å²) in [5, 5.41) is 9.26. The molecule has 4 atom stereocenters. The summed E-state index contributed by atoms with van der Waals surface area (Å²) in [5.74, 6) is 0.321. The number of amides is 1. The number of benzene rings is 1. The quantitative estimate of drug-likeness (QED) is 0.435. The van der Waals surface area contributed by atoms with Crippen molar-refractivity contribution in [3.63, 3.8) is 0 Å². The van der Waals surface area contributed by atoms with Crippen LogP contribution in [0.5, 0.6) is 0 Å². The van der Waals surface area contributed by atoms with Crippen LogP contribution in [-0.2, 0) is 15.9 Å². The predicted octanol–water partition coefficient (Wildman–Crippen LogP) is 4.37. The number of carbonyl (C=O) groups is 1. The van der Waals surface area contributed by atoms with E-state index in [4.69, 9.17) is 9.47 Å². The topological polar surface area (TPSA) is 75.8 Å². The van der Waals surface area contributed by atoms with Gasteiger partial charge in [0.15, 0.2) is 0 Å². The Morgan fingerprint density at radius 1 is 1.31 bits per heavy atom. The van der Waals surface area contributed by atoms with Crippen LogP contribution in [0, 0.1) is 5.92 Å². The number of rotatable bonds is 13. The van der Waals surface area contributed by atoms with Crippen molar-refractivity contribution in [1.82, 2.24) is 15.6 Å². The number of hydrogen-bond donors (Lipinski definition) is 2. The van der Waals surface area contributed by atoms with Gasteiger partial charge in [-0.3, -0.25) is 4.79 Å². The van der Waals surface area contributed by atoms with Gasteiger partial charge in [0.05, 0.1) is 12.6 Å². The first kappa shape index (κ1) is 24.8. The minimum atomic E-state index is -0.325. The van der Waals surface area contributed by atoms with E-state index in [1.54, 1.807) is 0 Å². The van der Waals surface area contributed by atoms with Crippen molar-refractivity contribution in [3.05, 3.63) is 52.0 Å². The first-order valence-corrected chi connectivity index (χ1v) is 12.5. The van der Waals surface area contributed by atoms with Crippen molar-refractivity contribution in [2.24, 2.45) is 5.92 Å². The lowest BCUT2D eigenvalue weighted by Gasteiger charge is -2.25. The largest absolute Gasteiger partial charge is 0.371 e. The average Bonchev–Trinajstić information content (AvgIpc) is 3.34. The fourth-order valence-electron chi connectivity index (χ4n) is 3.81. The van der Waals surface area contributed by atoms with Gasteiger partial charge in [0.1, 0.15) is 22.4 Å². The fourth-order valence-corrected chi connectivity index (χ4v) is 4.67. The molecule has 1 aliphatic heterocycles. The van der Waals surface area contributed by atoms with Crippen molar-refractivity contribution in [2.75, 3.05) is 20.3 Å². The fraction of sp³-hybridized carbons (Fsp3) is 0.600. The average molecular weight is 460 g/mol. The molecule has 6 nitrogen and oxygen atoms in total. The molecule has 0 spiro atoms. The molecule has 1 aromatic carbocycles. The third-order valence-corrected chi connectivity index (χ3v) is 7.06. The molecule has 4 unspecified atom stereocenters. The number of nitrogens with one attached hydrogen (secondary N) is 2. The summed E-state index contributed by atoms with van der Waals surface area (Å²) < 4.78 is 11.8. The number of carbonyl (C=O) groups excluding carboxylic acids is 1. The highest BCUT2D eigenvalue weighted by Crippen LogP contribution is 2.33. The minimum Gasteiger partial charge on any atom is -0.371 e. The molecule has 0 bridgehead atoms. The normalized spacial score (nSPS) is 20.7. The molecular formula is C25H37N3O3S. The van der Waals surface area contributed by atoms with Crippen molar-refractivity contribution in [3.8, 4) is 0 Å². The van der Waals surface area contributed by atoms with Gasteiger partial charge in [-0.1, -0.05) is 51.1 Å². The molecule has 32 heavy (non-hydrogen) atoms.